The molecule has 0 radical (unpaired) electrons. The number of methoxy groups -OCH3 is 1. The van der Waals surface area contributed by atoms with Gasteiger partial charge in [0, 0.05) is 44.0 Å². The largest absolute Gasteiger partial charge is 0.384 e. The van der Waals surface area contributed by atoms with Gasteiger partial charge in [0.15, 0.2) is 0 Å². The molecule has 1 saturated carbocycles. The van der Waals surface area contributed by atoms with E-state index in [0.717, 1.165) is 37.4 Å². The average Bonchev–Trinajstić information content (AvgIpc) is 3.31. The number of nitrogens with one attached hydrogen (secondary N) is 1. The minimum atomic E-state index is -0.0884. The molecule has 3 nitrogen and oxygen atoms in total. The third-order valence-electron chi connectivity index (χ3n) is 4.50. The molecule has 3 rings (SSSR count). The number of halogens is 1. The quantitative estimate of drug-likeness (QED) is 0.872. The van der Waals surface area contributed by atoms with E-state index < -0.39 is 0 Å². The number of hydrogen-bond acceptors (Lipinski definition) is 3. The Kier molecular flexibility index (Phi) is 4.76. The van der Waals surface area contributed by atoms with Crippen molar-refractivity contribution < 1.29 is 9.13 Å². The van der Waals surface area contributed by atoms with Crippen molar-refractivity contribution in [2.75, 3.05) is 31.7 Å². The molecule has 0 aromatic heterocycles. The molecule has 0 bridgehead atoms. The molecule has 0 amide bonds. The summed E-state index contributed by atoms with van der Waals surface area (Å²) < 4.78 is 19.5. The monoisotopic (exact) mass is 292 g/mol. The van der Waals surface area contributed by atoms with Gasteiger partial charge in [0.05, 0.1) is 6.61 Å². The molecule has 1 N–H and O–H groups in total. The van der Waals surface area contributed by atoms with E-state index in [9.17, 15) is 4.39 Å². The summed E-state index contributed by atoms with van der Waals surface area (Å²) in [5.41, 5.74) is 1.88. The van der Waals surface area contributed by atoms with Gasteiger partial charge in [-0.1, -0.05) is 6.07 Å². The second kappa shape index (κ2) is 6.75. The average molecular weight is 292 g/mol. The van der Waals surface area contributed by atoms with Crippen molar-refractivity contribution in [1.82, 2.24) is 5.32 Å². The summed E-state index contributed by atoms with van der Waals surface area (Å²) in [7, 11) is 1.76. The lowest BCUT2D eigenvalue weighted by atomic mass is 9.97. The number of rotatable bonds is 6. The van der Waals surface area contributed by atoms with Crippen LogP contribution in [0.5, 0.6) is 0 Å². The first-order chi connectivity index (χ1) is 10.3. The Labute approximate surface area is 126 Å². The van der Waals surface area contributed by atoms with Crippen molar-refractivity contribution >= 4 is 5.69 Å². The normalized spacial score (nSPS) is 22.6. The standard InChI is InChI=1S/C17H25FN2O/c1-21-12-13-4-3-9-20(11-13)17-6-2-5-16(18)15(17)10-19-14-7-8-14/h2,5-6,13-14,19H,3-4,7-12H2,1H3. The first-order valence-electron chi connectivity index (χ1n) is 8.02. The second-order valence-electron chi connectivity index (χ2n) is 6.30. The molecule has 1 unspecified atom stereocenters. The maximum atomic E-state index is 14.2. The van der Waals surface area contributed by atoms with E-state index in [4.69, 9.17) is 4.74 Å². The Bertz CT molecular complexity index is 474. The minimum absolute atomic E-state index is 0.0884. The van der Waals surface area contributed by atoms with Crippen LogP contribution in [0.2, 0.25) is 0 Å². The van der Waals surface area contributed by atoms with Gasteiger partial charge in [-0.05, 0) is 43.7 Å². The van der Waals surface area contributed by atoms with Gasteiger partial charge in [0.2, 0.25) is 0 Å². The summed E-state index contributed by atoms with van der Waals surface area (Å²) >= 11 is 0. The molecule has 1 aliphatic carbocycles. The molecular weight excluding hydrogens is 267 g/mol. The van der Waals surface area contributed by atoms with Gasteiger partial charge in [-0.15, -0.1) is 0 Å². The smallest absolute Gasteiger partial charge is 0.129 e. The lowest BCUT2D eigenvalue weighted by Crippen LogP contribution is -2.38. The van der Waals surface area contributed by atoms with E-state index >= 15 is 0 Å². The molecule has 1 aromatic rings. The predicted molar refractivity (Wildman–Crippen MR) is 83.1 cm³/mol. The Hall–Kier alpha value is -1.13. The molecule has 21 heavy (non-hydrogen) atoms. The summed E-state index contributed by atoms with van der Waals surface area (Å²) in [4.78, 5) is 2.33. The van der Waals surface area contributed by atoms with Crippen molar-refractivity contribution in [3.05, 3.63) is 29.6 Å². The number of nitrogens with zero attached hydrogens (tertiary/aromatic N) is 1. The molecule has 1 saturated heterocycles. The van der Waals surface area contributed by atoms with Gasteiger partial charge >= 0.3 is 0 Å². The third kappa shape index (κ3) is 3.74. The number of benzene rings is 1. The van der Waals surface area contributed by atoms with Crippen LogP contribution in [0.4, 0.5) is 10.1 Å². The van der Waals surface area contributed by atoms with Gasteiger partial charge in [-0.2, -0.15) is 0 Å². The number of ether oxygens (including phenoxy) is 1. The molecule has 4 heteroatoms. The Morgan fingerprint density at radius 3 is 2.95 bits per heavy atom. The molecule has 1 aromatic carbocycles. The maximum Gasteiger partial charge on any atom is 0.129 e. The molecule has 2 fully saturated rings. The highest BCUT2D eigenvalue weighted by Gasteiger charge is 2.25. The fourth-order valence-electron chi connectivity index (χ4n) is 3.21. The summed E-state index contributed by atoms with van der Waals surface area (Å²) in [5, 5.41) is 3.44. The summed E-state index contributed by atoms with van der Waals surface area (Å²) in [5.74, 6) is 0.464. The number of piperidine rings is 1. The van der Waals surface area contributed by atoms with Crippen molar-refractivity contribution in [1.29, 1.82) is 0 Å². The zero-order valence-corrected chi connectivity index (χ0v) is 12.8. The highest BCUT2D eigenvalue weighted by Crippen LogP contribution is 2.29. The van der Waals surface area contributed by atoms with Crippen molar-refractivity contribution in [3.8, 4) is 0 Å². The molecule has 1 heterocycles. The molecule has 2 aliphatic rings. The van der Waals surface area contributed by atoms with Crippen molar-refractivity contribution in [2.45, 2.75) is 38.3 Å². The van der Waals surface area contributed by atoms with Crippen LogP contribution < -0.4 is 10.2 Å². The Balaban J connectivity index is 1.74. The summed E-state index contributed by atoms with van der Waals surface area (Å²) in [6, 6.07) is 6.05. The van der Waals surface area contributed by atoms with E-state index in [0.29, 0.717) is 18.5 Å². The first-order valence-corrected chi connectivity index (χ1v) is 8.02. The highest BCUT2D eigenvalue weighted by atomic mass is 19.1. The van der Waals surface area contributed by atoms with E-state index in [1.54, 1.807) is 13.2 Å². The molecule has 1 atom stereocenters. The van der Waals surface area contributed by atoms with E-state index in [1.807, 2.05) is 6.07 Å². The second-order valence-corrected chi connectivity index (χ2v) is 6.30. The zero-order valence-electron chi connectivity index (χ0n) is 12.8. The summed E-state index contributed by atoms with van der Waals surface area (Å²) in [6.45, 7) is 3.41. The third-order valence-corrected chi connectivity index (χ3v) is 4.50. The van der Waals surface area contributed by atoms with Crippen LogP contribution in [-0.2, 0) is 11.3 Å². The van der Waals surface area contributed by atoms with Gasteiger partial charge in [0.1, 0.15) is 5.82 Å². The Morgan fingerprint density at radius 2 is 2.19 bits per heavy atom. The number of anilines is 1. The van der Waals surface area contributed by atoms with E-state index in [1.165, 1.54) is 19.3 Å². The lowest BCUT2D eigenvalue weighted by molar-refractivity contribution is 0.143. The highest BCUT2D eigenvalue weighted by molar-refractivity contribution is 5.54. The van der Waals surface area contributed by atoms with Crippen LogP contribution in [0.1, 0.15) is 31.2 Å². The zero-order chi connectivity index (χ0) is 14.7. The van der Waals surface area contributed by atoms with Crippen LogP contribution >= 0.6 is 0 Å². The topological polar surface area (TPSA) is 24.5 Å². The SMILES string of the molecule is COCC1CCCN(c2cccc(F)c2CNC2CC2)C1. The van der Waals surface area contributed by atoms with Crippen molar-refractivity contribution in [2.24, 2.45) is 5.92 Å². The molecular formula is C17H25FN2O. The van der Waals surface area contributed by atoms with Gasteiger partial charge in [0.25, 0.3) is 0 Å². The molecule has 0 spiro atoms. The fraction of sp³-hybridized carbons (Fsp3) is 0.647. The van der Waals surface area contributed by atoms with Gasteiger partial charge in [-0.3, -0.25) is 0 Å². The van der Waals surface area contributed by atoms with Crippen LogP contribution in [0.3, 0.4) is 0 Å². The number of hydrogen-bond donors (Lipinski definition) is 1. The molecule has 116 valence electrons. The first kappa shape index (κ1) is 14.8. The van der Waals surface area contributed by atoms with E-state index in [2.05, 4.69) is 16.3 Å². The Morgan fingerprint density at radius 1 is 1.33 bits per heavy atom. The summed E-state index contributed by atoms with van der Waals surface area (Å²) in [6.07, 6.45) is 4.81. The van der Waals surface area contributed by atoms with Gasteiger partial charge < -0.3 is 15.0 Å². The van der Waals surface area contributed by atoms with Crippen LogP contribution in [-0.4, -0.2) is 32.8 Å². The van der Waals surface area contributed by atoms with Gasteiger partial charge in [-0.25, -0.2) is 4.39 Å². The van der Waals surface area contributed by atoms with E-state index in [-0.39, 0.29) is 5.82 Å². The van der Waals surface area contributed by atoms with Crippen LogP contribution in [0.15, 0.2) is 18.2 Å². The predicted octanol–water partition coefficient (Wildman–Crippen LogP) is 2.94. The fourth-order valence-corrected chi connectivity index (χ4v) is 3.21. The lowest BCUT2D eigenvalue weighted by Gasteiger charge is -2.35. The van der Waals surface area contributed by atoms with Crippen LogP contribution in [0, 0.1) is 11.7 Å². The molecule has 1 aliphatic heterocycles. The van der Waals surface area contributed by atoms with Crippen molar-refractivity contribution in [3.63, 3.8) is 0 Å². The maximum absolute atomic E-state index is 14.2. The van der Waals surface area contributed by atoms with Crippen LogP contribution in [0.25, 0.3) is 0 Å². The minimum Gasteiger partial charge on any atom is -0.384 e.